The van der Waals surface area contributed by atoms with Crippen LogP contribution in [0.2, 0.25) is 0 Å². The zero-order valence-electron chi connectivity index (χ0n) is 13.8. The van der Waals surface area contributed by atoms with Crippen LogP contribution in [0, 0.1) is 6.92 Å². The molecule has 1 aromatic heterocycles. The van der Waals surface area contributed by atoms with Gasteiger partial charge in [-0.05, 0) is 54.4 Å². The van der Waals surface area contributed by atoms with Gasteiger partial charge in [0.1, 0.15) is 5.69 Å². The van der Waals surface area contributed by atoms with Crippen LogP contribution in [0.25, 0.3) is 0 Å². The first kappa shape index (κ1) is 17.2. The molecule has 25 heavy (non-hydrogen) atoms. The lowest BCUT2D eigenvalue weighted by Crippen LogP contribution is -2.24. The number of hydrogen-bond acceptors (Lipinski definition) is 3. The summed E-state index contributed by atoms with van der Waals surface area (Å²) in [6, 6.07) is 19.4. The Morgan fingerprint density at radius 3 is 2.56 bits per heavy atom. The predicted molar refractivity (Wildman–Crippen MR) is 104 cm³/mol. The highest BCUT2D eigenvalue weighted by atomic mass is 79.9. The van der Waals surface area contributed by atoms with Gasteiger partial charge < -0.3 is 10.6 Å². The van der Waals surface area contributed by atoms with Gasteiger partial charge in [0, 0.05) is 28.6 Å². The van der Waals surface area contributed by atoms with E-state index in [-0.39, 0.29) is 5.91 Å². The number of carbonyl (C=O) groups excluding carboxylic acids is 1. The Kier molecular flexibility index (Phi) is 5.46. The molecule has 0 atom stereocenters. The van der Waals surface area contributed by atoms with Crippen molar-refractivity contribution < 1.29 is 4.79 Å². The van der Waals surface area contributed by atoms with Crippen LogP contribution in [0.4, 0.5) is 11.4 Å². The van der Waals surface area contributed by atoms with E-state index >= 15 is 0 Å². The lowest BCUT2D eigenvalue weighted by atomic mass is 10.1. The largest absolute Gasteiger partial charge is 0.355 e. The maximum atomic E-state index is 12.4. The molecule has 0 aliphatic carbocycles. The Morgan fingerprint density at radius 2 is 1.80 bits per heavy atom. The number of benzene rings is 2. The third kappa shape index (κ3) is 4.67. The first-order valence-electron chi connectivity index (χ1n) is 7.93. The average molecular weight is 396 g/mol. The van der Waals surface area contributed by atoms with Gasteiger partial charge in [0.05, 0.1) is 0 Å². The molecular weight excluding hydrogens is 378 g/mol. The summed E-state index contributed by atoms with van der Waals surface area (Å²) in [5.74, 6) is -0.192. The van der Waals surface area contributed by atoms with Crippen LogP contribution in [0.15, 0.2) is 71.3 Å². The number of aryl methyl sites for hydroxylation is 1. The van der Waals surface area contributed by atoms with E-state index in [1.807, 2.05) is 61.5 Å². The molecule has 4 nitrogen and oxygen atoms in total. The zero-order chi connectivity index (χ0) is 17.6. The van der Waals surface area contributed by atoms with Crippen molar-refractivity contribution in [2.75, 3.05) is 5.32 Å². The van der Waals surface area contributed by atoms with Crippen LogP contribution < -0.4 is 10.6 Å². The van der Waals surface area contributed by atoms with Crippen LogP contribution in [0.3, 0.4) is 0 Å². The predicted octanol–water partition coefficient (Wildman–Crippen LogP) is 4.83. The fourth-order valence-corrected chi connectivity index (χ4v) is 2.67. The Bertz CT molecular complexity index is 878. The van der Waals surface area contributed by atoms with Crippen molar-refractivity contribution in [3.05, 3.63) is 88.2 Å². The minimum atomic E-state index is -0.192. The van der Waals surface area contributed by atoms with E-state index in [0.717, 1.165) is 27.0 Å². The number of amides is 1. The topological polar surface area (TPSA) is 54.0 Å². The molecular formula is C20H18BrN3O. The molecule has 0 spiro atoms. The Hall–Kier alpha value is -2.66. The number of carbonyl (C=O) groups is 1. The molecule has 0 radical (unpaired) electrons. The molecule has 3 aromatic rings. The molecule has 0 saturated carbocycles. The van der Waals surface area contributed by atoms with Gasteiger partial charge in [-0.25, -0.2) is 0 Å². The van der Waals surface area contributed by atoms with Crippen LogP contribution in [0.5, 0.6) is 0 Å². The quantitative estimate of drug-likeness (QED) is 0.650. The van der Waals surface area contributed by atoms with E-state index in [4.69, 9.17) is 0 Å². The van der Waals surface area contributed by atoms with E-state index in [2.05, 4.69) is 31.5 Å². The molecule has 126 valence electrons. The summed E-state index contributed by atoms with van der Waals surface area (Å²) in [5.41, 5.74) is 4.40. The van der Waals surface area contributed by atoms with Gasteiger partial charge in [-0.1, -0.05) is 40.2 Å². The summed E-state index contributed by atoms with van der Waals surface area (Å²) in [5, 5.41) is 6.19. The molecule has 3 rings (SSSR count). The maximum Gasteiger partial charge on any atom is 0.270 e. The first-order chi connectivity index (χ1) is 12.1. The molecule has 0 fully saturated rings. The number of anilines is 2. The smallest absolute Gasteiger partial charge is 0.270 e. The van der Waals surface area contributed by atoms with Crippen LogP contribution in [-0.2, 0) is 6.54 Å². The summed E-state index contributed by atoms with van der Waals surface area (Å²) in [7, 11) is 0. The second kappa shape index (κ2) is 7.94. The van der Waals surface area contributed by atoms with E-state index < -0.39 is 0 Å². The van der Waals surface area contributed by atoms with E-state index in [1.54, 1.807) is 12.3 Å². The van der Waals surface area contributed by atoms with Crippen molar-refractivity contribution >= 4 is 33.2 Å². The van der Waals surface area contributed by atoms with E-state index in [1.165, 1.54) is 0 Å². The van der Waals surface area contributed by atoms with Crippen molar-refractivity contribution in [2.45, 2.75) is 13.5 Å². The van der Waals surface area contributed by atoms with Crippen molar-refractivity contribution in [1.29, 1.82) is 0 Å². The number of rotatable bonds is 5. The Morgan fingerprint density at radius 1 is 1.04 bits per heavy atom. The van der Waals surface area contributed by atoms with Gasteiger partial charge in [-0.2, -0.15) is 0 Å². The Balaban J connectivity index is 1.67. The minimum Gasteiger partial charge on any atom is -0.355 e. The monoisotopic (exact) mass is 395 g/mol. The fraction of sp³-hybridized carbons (Fsp3) is 0.100. The molecule has 5 heteroatoms. The second-order valence-electron chi connectivity index (χ2n) is 5.67. The number of nitrogens with zero attached hydrogens (tertiary/aromatic N) is 1. The van der Waals surface area contributed by atoms with Crippen molar-refractivity contribution in [3.63, 3.8) is 0 Å². The highest BCUT2D eigenvalue weighted by molar-refractivity contribution is 9.10. The van der Waals surface area contributed by atoms with Crippen LogP contribution >= 0.6 is 15.9 Å². The number of aromatic nitrogens is 1. The molecule has 1 amide bonds. The summed E-state index contributed by atoms with van der Waals surface area (Å²) < 4.78 is 1.02. The van der Waals surface area contributed by atoms with Gasteiger partial charge in [0.15, 0.2) is 0 Å². The minimum absolute atomic E-state index is 0.192. The van der Waals surface area contributed by atoms with E-state index in [0.29, 0.717) is 12.2 Å². The van der Waals surface area contributed by atoms with Crippen molar-refractivity contribution in [1.82, 2.24) is 10.3 Å². The van der Waals surface area contributed by atoms with Gasteiger partial charge >= 0.3 is 0 Å². The number of nitrogens with one attached hydrogen (secondary N) is 2. The summed E-state index contributed by atoms with van der Waals surface area (Å²) in [6.45, 7) is 2.51. The highest BCUT2D eigenvalue weighted by Gasteiger charge is 2.08. The van der Waals surface area contributed by atoms with Crippen molar-refractivity contribution in [3.8, 4) is 0 Å². The van der Waals surface area contributed by atoms with Crippen LogP contribution in [-0.4, -0.2) is 10.9 Å². The second-order valence-corrected chi connectivity index (χ2v) is 6.59. The van der Waals surface area contributed by atoms with Crippen LogP contribution in [0.1, 0.15) is 21.6 Å². The molecule has 1 heterocycles. The fourth-order valence-electron chi connectivity index (χ4n) is 2.41. The van der Waals surface area contributed by atoms with Crippen molar-refractivity contribution in [2.24, 2.45) is 0 Å². The maximum absolute atomic E-state index is 12.4. The number of hydrogen-bond donors (Lipinski definition) is 2. The molecule has 0 aliphatic rings. The third-order valence-electron chi connectivity index (χ3n) is 3.83. The van der Waals surface area contributed by atoms with Gasteiger partial charge in [0.25, 0.3) is 5.91 Å². The molecule has 0 bridgehead atoms. The lowest BCUT2D eigenvalue weighted by molar-refractivity contribution is 0.0946. The van der Waals surface area contributed by atoms with E-state index in [9.17, 15) is 4.79 Å². The molecule has 0 saturated heterocycles. The Labute approximate surface area is 155 Å². The lowest BCUT2D eigenvalue weighted by Gasteiger charge is -2.10. The average Bonchev–Trinajstić information content (AvgIpc) is 2.63. The molecule has 2 aromatic carbocycles. The molecule has 0 aliphatic heterocycles. The van der Waals surface area contributed by atoms with Gasteiger partial charge in [-0.3, -0.25) is 9.78 Å². The number of pyridine rings is 1. The molecule has 2 N–H and O–H groups in total. The number of halogens is 1. The standard InChI is InChI=1S/C20H18BrN3O/c1-14-4-2-3-5-15(14)13-23-20(25)19-12-18(10-11-22-19)24-17-8-6-16(21)7-9-17/h2-12H,13H2,1H3,(H,22,24)(H,23,25). The normalized spacial score (nSPS) is 10.3. The van der Waals surface area contributed by atoms with Gasteiger partial charge in [0.2, 0.25) is 0 Å². The summed E-state index contributed by atoms with van der Waals surface area (Å²) in [4.78, 5) is 16.5. The third-order valence-corrected chi connectivity index (χ3v) is 4.35. The summed E-state index contributed by atoms with van der Waals surface area (Å²) in [6.07, 6.45) is 1.63. The first-order valence-corrected chi connectivity index (χ1v) is 8.72. The van der Waals surface area contributed by atoms with Gasteiger partial charge in [-0.15, -0.1) is 0 Å². The molecule has 0 unspecified atom stereocenters. The zero-order valence-corrected chi connectivity index (χ0v) is 15.4. The SMILES string of the molecule is Cc1ccccc1CNC(=O)c1cc(Nc2ccc(Br)cc2)ccn1. The highest BCUT2D eigenvalue weighted by Crippen LogP contribution is 2.19. The summed E-state index contributed by atoms with van der Waals surface area (Å²) >= 11 is 3.41.